The molecule has 1 fully saturated rings. The second-order valence-electron chi connectivity index (χ2n) is 4.47. The van der Waals surface area contributed by atoms with E-state index in [1.54, 1.807) is 18.2 Å². The van der Waals surface area contributed by atoms with Crippen LogP contribution >= 0.6 is 0 Å². The van der Waals surface area contributed by atoms with Crippen LogP contribution in [0, 0.1) is 0 Å². The monoisotopic (exact) mass is 253 g/mol. The Bertz CT molecular complexity index is 427. The highest BCUT2D eigenvalue weighted by Gasteiger charge is 2.26. The lowest BCUT2D eigenvalue weighted by molar-refractivity contribution is 0.0724. The molecule has 2 unspecified atom stereocenters. The van der Waals surface area contributed by atoms with Crippen molar-refractivity contribution in [2.24, 2.45) is 0 Å². The molecule has 1 N–H and O–H groups in total. The van der Waals surface area contributed by atoms with Gasteiger partial charge in [0.05, 0.1) is 0 Å². The van der Waals surface area contributed by atoms with Crippen LogP contribution in [0.2, 0.25) is 0 Å². The average molecular weight is 253 g/mol. The summed E-state index contributed by atoms with van der Waals surface area (Å²) >= 11 is 0. The molecule has 2 aliphatic rings. The standard InChI is InChI=1S/C13H16FNO3/c14-10-8-15-4-3-11(10)18-9-1-2-12-13(7-9)17-6-5-16-12/h1-2,7,10-11,15H,3-6,8H2. The van der Waals surface area contributed by atoms with Crippen molar-refractivity contribution in [3.8, 4) is 17.2 Å². The summed E-state index contributed by atoms with van der Waals surface area (Å²) in [7, 11) is 0. The van der Waals surface area contributed by atoms with E-state index >= 15 is 0 Å². The molecule has 5 heteroatoms. The van der Waals surface area contributed by atoms with Crippen LogP contribution in [0.25, 0.3) is 0 Å². The van der Waals surface area contributed by atoms with Crippen molar-refractivity contribution in [3.63, 3.8) is 0 Å². The Morgan fingerprint density at radius 1 is 1.22 bits per heavy atom. The summed E-state index contributed by atoms with van der Waals surface area (Å²) in [6, 6.07) is 5.36. The Labute approximate surface area is 105 Å². The molecule has 1 aromatic carbocycles. The first-order chi connectivity index (χ1) is 8.83. The zero-order valence-electron chi connectivity index (χ0n) is 10.0. The van der Waals surface area contributed by atoms with E-state index in [0.717, 1.165) is 12.3 Å². The Morgan fingerprint density at radius 2 is 2.06 bits per heavy atom. The summed E-state index contributed by atoms with van der Waals surface area (Å²) in [5.41, 5.74) is 0. The van der Waals surface area contributed by atoms with Crippen molar-refractivity contribution < 1.29 is 18.6 Å². The van der Waals surface area contributed by atoms with Crippen LogP contribution in [-0.4, -0.2) is 38.6 Å². The lowest BCUT2D eigenvalue weighted by Gasteiger charge is -2.28. The highest BCUT2D eigenvalue weighted by atomic mass is 19.1. The van der Waals surface area contributed by atoms with E-state index in [2.05, 4.69) is 5.32 Å². The second kappa shape index (κ2) is 5.02. The van der Waals surface area contributed by atoms with E-state index in [0.29, 0.717) is 37.7 Å². The van der Waals surface area contributed by atoms with Crippen LogP contribution in [0.4, 0.5) is 4.39 Å². The van der Waals surface area contributed by atoms with Crippen LogP contribution < -0.4 is 19.5 Å². The third kappa shape index (κ3) is 2.36. The van der Waals surface area contributed by atoms with E-state index in [4.69, 9.17) is 14.2 Å². The Kier molecular flexibility index (Phi) is 3.23. The summed E-state index contributed by atoms with van der Waals surface area (Å²) in [6.45, 7) is 2.24. The Balaban J connectivity index is 1.72. The van der Waals surface area contributed by atoms with Crippen molar-refractivity contribution in [1.29, 1.82) is 0 Å². The molecule has 0 bridgehead atoms. The maximum absolute atomic E-state index is 13.6. The molecule has 0 spiro atoms. The highest BCUT2D eigenvalue weighted by Crippen LogP contribution is 2.34. The van der Waals surface area contributed by atoms with Gasteiger partial charge in [-0.2, -0.15) is 0 Å². The zero-order valence-corrected chi connectivity index (χ0v) is 10.0. The molecule has 98 valence electrons. The Hall–Kier alpha value is -1.49. The smallest absolute Gasteiger partial charge is 0.165 e. The van der Waals surface area contributed by atoms with E-state index in [1.807, 2.05) is 0 Å². The normalized spacial score (nSPS) is 26.7. The van der Waals surface area contributed by atoms with Crippen molar-refractivity contribution in [1.82, 2.24) is 5.32 Å². The zero-order chi connectivity index (χ0) is 12.4. The van der Waals surface area contributed by atoms with Crippen molar-refractivity contribution in [3.05, 3.63) is 18.2 Å². The van der Waals surface area contributed by atoms with Gasteiger partial charge in [0, 0.05) is 12.6 Å². The van der Waals surface area contributed by atoms with Gasteiger partial charge in [-0.25, -0.2) is 4.39 Å². The number of halogens is 1. The molecule has 1 aromatic rings. The molecular weight excluding hydrogens is 237 g/mol. The predicted molar refractivity (Wildman–Crippen MR) is 64.2 cm³/mol. The molecule has 4 nitrogen and oxygen atoms in total. The van der Waals surface area contributed by atoms with Gasteiger partial charge < -0.3 is 19.5 Å². The number of hydrogen-bond acceptors (Lipinski definition) is 4. The lowest BCUT2D eigenvalue weighted by atomic mass is 10.1. The van der Waals surface area contributed by atoms with Gasteiger partial charge in [0.2, 0.25) is 0 Å². The molecule has 2 aliphatic heterocycles. The number of rotatable bonds is 2. The number of hydrogen-bond donors (Lipinski definition) is 1. The molecule has 0 aromatic heterocycles. The highest BCUT2D eigenvalue weighted by molar-refractivity contribution is 5.46. The summed E-state index contributed by atoms with van der Waals surface area (Å²) in [6.07, 6.45) is -0.670. The fourth-order valence-corrected chi connectivity index (χ4v) is 2.20. The third-order valence-corrected chi connectivity index (χ3v) is 3.15. The van der Waals surface area contributed by atoms with Crippen LogP contribution in [-0.2, 0) is 0 Å². The van der Waals surface area contributed by atoms with Gasteiger partial charge in [0.25, 0.3) is 0 Å². The van der Waals surface area contributed by atoms with Gasteiger partial charge >= 0.3 is 0 Å². The third-order valence-electron chi connectivity index (χ3n) is 3.15. The molecule has 3 rings (SSSR count). The van der Waals surface area contributed by atoms with E-state index in [1.165, 1.54) is 0 Å². The average Bonchev–Trinajstić information content (AvgIpc) is 2.41. The first kappa shape index (κ1) is 11.6. The number of ether oxygens (including phenoxy) is 3. The maximum Gasteiger partial charge on any atom is 0.165 e. The molecule has 0 aliphatic carbocycles. The van der Waals surface area contributed by atoms with E-state index in [9.17, 15) is 4.39 Å². The molecule has 2 atom stereocenters. The number of fused-ring (bicyclic) bond motifs is 1. The van der Waals surface area contributed by atoms with Gasteiger partial charge in [0.1, 0.15) is 31.2 Å². The Morgan fingerprint density at radius 3 is 2.89 bits per heavy atom. The SMILES string of the molecule is FC1CNCCC1Oc1ccc2c(c1)OCCO2. The van der Waals surface area contributed by atoms with E-state index < -0.39 is 6.17 Å². The molecule has 0 saturated carbocycles. The minimum Gasteiger partial charge on any atom is -0.487 e. The quantitative estimate of drug-likeness (QED) is 0.867. The first-order valence-electron chi connectivity index (χ1n) is 6.24. The van der Waals surface area contributed by atoms with Gasteiger partial charge in [-0.1, -0.05) is 0 Å². The largest absolute Gasteiger partial charge is 0.487 e. The summed E-state index contributed by atoms with van der Waals surface area (Å²) in [5, 5.41) is 3.00. The fraction of sp³-hybridized carbons (Fsp3) is 0.538. The molecule has 0 radical (unpaired) electrons. The van der Waals surface area contributed by atoms with Gasteiger partial charge in [-0.05, 0) is 25.1 Å². The fourth-order valence-electron chi connectivity index (χ4n) is 2.20. The van der Waals surface area contributed by atoms with Crippen LogP contribution in [0.3, 0.4) is 0 Å². The molecule has 18 heavy (non-hydrogen) atoms. The predicted octanol–water partition coefficient (Wildman–Crippen LogP) is 1.54. The summed E-state index contributed by atoms with van der Waals surface area (Å²) in [4.78, 5) is 0. The molecule has 1 saturated heterocycles. The maximum atomic E-state index is 13.6. The van der Waals surface area contributed by atoms with Gasteiger partial charge in [-0.3, -0.25) is 0 Å². The minimum atomic E-state index is -0.966. The topological polar surface area (TPSA) is 39.7 Å². The molecule has 2 heterocycles. The van der Waals surface area contributed by atoms with Crippen LogP contribution in [0.5, 0.6) is 17.2 Å². The summed E-state index contributed by atoms with van der Waals surface area (Å²) in [5.74, 6) is 2.02. The number of piperidine rings is 1. The lowest BCUT2D eigenvalue weighted by Crippen LogP contribution is -2.44. The minimum absolute atomic E-state index is 0.356. The van der Waals surface area contributed by atoms with Gasteiger partial charge in [0.15, 0.2) is 11.5 Å². The molecule has 0 amide bonds. The molecular formula is C13H16FNO3. The van der Waals surface area contributed by atoms with Crippen LogP contribution in [0.1, 0.15) is 6.42 Å². The van der Waals surface area contributed by atoms with Crippen LogP contribution in [0.15, 0.2) is 18.2 Å². The first-order valence-corrected chi connectivity index (χ1v) is 6.24. The van der Waals surface area contributed by atoms with E-state index in [-0.39, 0.29) is 6.10 Å². The summed E-state index contributed by atoms with van der Waals surface area (Å²) < 4.78 is 30.2. The second-order valence-corrected chi connectivity index (χ2v) is 4.47. The van der Waals surface area contributed by atoms with Crippen molar-refractivity contribution >= 4 is 0 Å². The van der Waals surface area contributed by atoms with Crippen molar-refractivity contribution in [2.45, 2.75) is 18.7 Å². The number of nitrogens with one attached hydrogen (secondary N) is 1. The number of benzene rings is 1. The van der Waals surface area contributed by atoms with Crippen molar-refractivity contribution in [2.75, 3.05) is 26.3 Å². The number of alkyl halides is 1. The van der Waals surface area contributed by atoms with Gasteiger partial charge in [-0.15, -0.1) is 0 Å².